The fourth-order valence-corrected chi connectivity index (χ4v) is 3.46. The summed E-state index contributed by atoms with van der Waals surface area (Å²) in [5.74, 6) is 1.25. The fraction of sp³-hybridized carbons (Fsp3) is 0.941. The quantitative estimate of drug-likeness (QED) is 0.723. The van der Waals surface area contributed by atoms with Crippen molar-refractivity contribution in [3.05, 3.63) is 0 Å². The van der Waals surface area contributed by atoms with Crippen LogP contribution in [-0.2, 0) is 9.53 Å². The highest BCUT2D eigenvalue weighted by Gasteiger charge is 2.32. The maximum atomic E-state index is 11.3. The molecular formula is C17H31NO3. The number of hydrogen-bond acceptors (Lipinski definition) is 3. The summed E-state index contributed by atoms with van der Waals surface area (Å²) in [4.78, 5) is 11.3. The minimum absolute atomic E-state index is 0.309. The lowest BCUT2D eigenvalue weighted by atomic mass is 9.75. The van der Waals surface area contributed by atoms with E-state index in [-0.39, 0.29) is 0 Å². The summed E-state index contributed by atoms with van der Waals surface area (Å²) in [5, 5.41) is 12.4. The van der Waals surface area contributed by atoms with Crippen molar-refractivity contribution in [3.63, 3.8) is 0 Å². The van der Waals surface area contributed by atoms with Crippen LogP contribution < -0.4 is 5.32 Å². The van der Waals surface area contributed by atoms with Crippen LogP contribution in [0.4, 0.5) is 0 Å². The molecule has 2 fully saturated rings. The number of nitrogens with one attached hydrogen (secondary N) is 1. The van der Waals surface area contributed by atoms with E-state index in [2.05, 4.69) is 26.1 Å². The van der Waals surface area contributed by atoms with Gasteiger partial charge in [-0.25, -0.2) is 0 Å². The lowest BCUT2D eigenvalue weighted by molar-refractivity contribution is -0.140. The van der Waals surface area contributed by atoms with E-state index in [1.54, 1.807) is 0 Å². The van der Waals surface area contributed by atoms with Crippen molar-refractivity contribution in [3.8, 4) is 0 Å². The molecule has 2 aliphatic rings. The van der Waals surface area contributed by atoms with E-state index < -0.39 is 12.0 Å². The Kier molecular flexibility index (Phi) is 6.06. The molecule has 0 aromatic heterocycles. The molecule has 0 aromatic rings. The highest BCUT2D eigenvalue weighted by molar-refractivity contribution is 5.73. The molecule has 0 aromatic carbocycles. The van der Waals surface area contributed by atoms with Gasteiger partial charge in [0.15, 0.2) is 0 Å². The van der Waals surface area contributed by atoms with Crippen molar-refractivity contribution in [2.75, 3.05) is 6.61 Å². The topological polar surface area (TPSA) is 58.6 Å². The third-order valence-electron chi connectivity index (χ3n) is 5.01. The van der Waals surface area contributed by atoms with Gasteiger partial charge in [0.2, 0.25) is 0 Å². The Morgan fingerprint density at radius 3 is 2.57 bits per heavy atom. The summed E-state index contributed by atoms with van der Waals surface area (Å²) in [6.07, 6.45) is 6.76. The number of rotatable bonds is 8. The maximum absolute atomic E-state index is 11.3. The molecule has 4 heteroatoms. The Hall–Kier alpha value is -0.610. The molecule has 2 rings (SSSR count). The van der Waals surface area contributed by atoms with Gasteiger partial charge in [0.05, 0.1) is 6.10 Å². The smallest absolute Gasteiger partial charge is 0.320 e. The van der Waals surface area contributed by atoms with Crippen molar-refractivity contribution < 1.29 is 14.6 Å². The van der Waals surface area contributed by atoms with E-state index in [4.69, 9.17) is 4.74 Å². The highest BCUT2D eigenvalue weighted by Crippen LogP contribution is 2.35. The van der Waals surface area contributed by atoms with E-state index in [0.717, 1.165) is 25.2 Å². The van der Waals surface area contributed by atoms with Gasteiger partial charge in [-0.2, -0.15) is 0 Å². The van der Waals surface area contributed by atoms with Crippen LogP contribution in [0.3, 0.4) is 0 Å². The van der Waals surface area contributed by atoms with E-state index >= 15 is 0 Å². The van der Waals surface area contributed by atoms with Crippen LogP contribution in [0.1, 0.15) is 59.3 Å². The van der Waals surface area contributed by atoms with Gasteiger partial charge < -0.3 is 15.2 Å². The van der Waals surface area contributed by atoms with Crippen LogP contribution in [-0.4, -0.2) is 35.9 Å². The maximum Gasteiger partial charge on any atom is 0.320 e. The summed E-state index contributed by atoms with van der Waals surface area (Å²) >= 11 is 0. The van der Waals surface area contributed by atoms with Gasteiger partial charge in [-0.05, 0) is 49.9 Å². The molecule has 4 atom stereocenters. The molecule has 2 N–H and O–H groups in total. The van der Waals surface area contributed by atoms with E-state index in [1.807, 2.05) is 0 Å². The summed E-state index contributed by atoms with van der Waals surface area (Å²) in [6, 6.07) is -0.0276. The first-order valence-electron chi connectivity index (χ1n) is 8.57. The summed E-state index contributed by atoms with van der Waals surface area (Å²) in [7, 11) is 0. The molecule has 4 nitrogen and oxygen atoms in total. The monoisotopic (exact) mass is 297 g/mol. The Balaban J connectivity index is 1.77. The number of ether oxygens (including phenoxy) is 1. The van der Waals surface area contributed by atoms with Gasteiger partial charge in [0.1, 0.15) is 6.04 Å². The molecule has 0 aliphatic heterocycles. The molecule has 4 unspecified atom stereocenters. The first kappa shape index (κ1) is 16.8. The average Bonchev–Trinajstić information content (AvgIpc) is 3.21. The second-order valence-corrected chi connectivity index (χ2v) is 7.36. The Morgan fingerprint density at radius 1 is 1.29 bits per heavy atom. The molecular weight excluding hydrogens is 266 g/mol. The van der Waals surface area contributed by atoms with Crippen LogP contribution in [0.5, 0.6) is 0 Å². The molecule has 0 radical (unpaired) electrons. The van der Waals surface area contributed by atoms with E-state index in [9.17, 15) is 9.90 Å². The Bertz CT molecular complexity index is 341. The van der Waals surface area contributed by atoms with Crippen LogP contribution in [0.15, 0.2) is 0 Å². The van der Waals surface area contributed by atoms with Crippen molar-refractivity contribution in [2.24, 2.45) is 17.8 Å². The molecule has 2 saturated carbocycles. The Morgan fingerprint density at radius 2 is 2.00 bits per heavy atom. The summed E-state index contributed by atoms with van der Waals surface area (Å²) in [6.45, 7) is 7.39. The first-order chi connectivity index (χ1) is 9.97. The summed E-state index contributed by atoms with van der Waals surface area (Å²) < 4.78 is 6.11. The van der Waals surface area contributed by atoms with Crippen molar-refractivity contribution in [1.82, 2.24) is 5.32 Å². The molecule has 2 aliphatic carbocycles. The van der Waals surface area contributed by atoms with Crippen LogP contribution in [0.25, 0.3) is 0 Å². The number of carbonyl (C=O) groups is 1. The second-order valence-electron chi connectivity index (χ2n) is 7.36. The lowest BCUT2D eigenvalue weighted by Crippen LogP contribution is -2.40. The minimum Gasteiger partial charge on any atom is -0.480 e. The molecule has 122 valence electrons. The predicted octanol–water partition coefficient (Wildman–Crippen LogP) is 3.06. The summed E-state index contributed by atoms with van der Waals surface area (Å²) in [5.41, 5.74) is 0. The number of carboxylic acids is 1. The number of aliphatic carboxylic acids is 1. The van der Waals surface area contributed by atoms with Crippen molar-refractivity contribution >= 4 is 5.97 Å². The van der Waals surface area contributed by atoms with Crippen molar-refractivity contribution in [1.29, 1.82) is 0 Å². The molecule has 0 bridgehead atoms. The number of carboxylic acid groups (broad SMARTS) is 1. The SMILES string of the molecule is CC1CCC(C(C)C)C(OCCC(NC2CC2)C(=O)O)C1. The third-order valence-corrected chi connectivity index (χ3v) is 5.01. The molecule has 0 heterocycles. The lowest BCUT2D eigenvalue weighted by Gasteiger charge is -2.37. The normalized spacial score (nSPS) is 31.3. The van der Waals surface area contributed by atoms with Gasteiger partial charge in [0, 0.05) is 12.6 Å². The van der Waals surface area contributed by atoms with E-state index in [1.165, 1.54) is 12.8 Å². The van der Waals surface area contributed by atoms with Crippen LogP contribution in [0, 0.1) is 17.8 Å². The van der Waals surface area contributed by atoms with Crippen molar-refractivity contribution in [2.45, 2.75) is 77.5 Å². The first-order valence-corrected chi connectivity index (χ1v) is 8.57. The fourth-order valence-electron chi connectivity index (χ4n) is 3.46. The zero-order valence-corrected chi connectivity index (χ0v) is 13.7. The molecule has 0 spiro atoms. The van der Waals surface area contributed by atoms with Gasteiger partial charge in [-0.15, -0.1) is 0 Å². The van der Waals surface area contributed by atoms with Gasteiger partial charge >= 0.3 is 5.97 Å². The molecule has 0 saturated heterocycles. The zero-order valence-electron chi connectivity index (χ0n) is 13.7. The predicted molar refractivity (Wildman–Crippen MR) is 83.3 cm³/mol. The molecule has 0 amide bonds. The second kappa shape index (κ2) is 7.59. The van der Waals surface area contributed by atoms with Crippen LogP contribution in [0.2, 0.25) is 0 Å². The minimum atomic E-state index is -0.747. The van der Waals surface area contributed by atoms with E-state index in [0.29, 0.717) is 37.0 Å². The van der Waals surface area contributed by atoms with Gasteiger partial charge in [0.25, 0.3) is 0 Å². The third kappa shape index (κ3) is 5.26. The number of hydrogen-bond donors (Lipinski definition) is 2. The van der Waals surface area contributed by atoms with Crippen LogP contribution >= 0.6 is 0 Å². The Labute approximate surface area is 128 Å². The largest absolute Gasteiger partial charge is 0.480 e. The average molecular weight is 297 g/mol. The zero-order chi connectivity index (χ0) is 15.4. The highest BCUT2D eigenvalue weighted by atomic mass is 16.5. The van der Waals surface area contributed by atoms with Gasteiger partial charge in [-0.1, -0.05) is 27.2 Å². The standard InChI is InChI=1S/C17H31NO3/c1-11(2)14-7-4-12(3)10-16(14)21-9-8-15(17(19)20)18-13-5-6-13/h11-16,18H,4-10H2,1-3H3,(H,19,20). The molecule has 21 heavy (non-hydrogen) atoms. The van der Waals surface area contributed by atoms with Gasteiger partial charge in [-0.3, -0.25) is 4.79 Å².